The Bertz CT molecular complexity index is 423. The molecule has 0 heterocycles. The third kappa shape index (κ3) is 2.61. The van der Waals surface area contributed by atoms with Gasteiger partial charge in [-0.25, -0.2) is 0 Å². The summed E-state index contributed by atoms with van der Waals surface area (Å²) in [6.45, 7) is 0. The Balaban J connectivity index is 2.37. The van der Waals surface area contributed by atoms with Gasteiger partial charge in [-0.15, -0.1) is 0 Å². The maximum absolute atomic E-state index is 9.66. The van der Waals surface area contributed by atoms with Crippen molar-refractivity contribution in [2.75, 3.05) is 14.2 Å². The maximum Gasteiger partial charge on any atom is 0.130 e. The predicted octanol–water partition coefficient (Wildman–Crippen LogP) is 2.63. The second kappa shape index (κ2) is 5.23. The number of hydrogen-bond acceptors (Lipinski definition) is 3. The fourth-order valence-corrected chi connectivity index (χ4v) is 2.19. The van der Waals surface area contributed by atoms with Crippen LogP contribution in [0.15, 0.2) is 24.3 Å². The minimum atomic E-state index is -0.328. The molecule has 1 aliphatic carbocycles. The van der Waals surface area contributed by atoms with Gasteiger partial charge < -0.3 is 14.6 Å². The molecule has 1 aliphatic rings. The van der Waals surface area contributed by atoms with Gasteiger partial charge in [0, 0.05) is 11.6 Å². The SMILES string of the molecule is COc1ccc(C2=CC(O)CCC2)c(OC)c1. The molecule has 92 valence electrons. The number of rotatable bonds is 3. The van der Waals surface area contributed by atoms with Crippen LogP contribution >= 0.6 is 0 Å². The highest BCUT2D eigenvalue weighted by Gasteiger charge is 2.15. The van der Waals surface area contributed by atoms with E-state index in [0.29, 0.717) is 0 Å². The second-order valence-corrected chi connectivity index (χ2v) is 4.22. The van der Waals surface area contributed by atoms with E-state index in [1.807, 2.05) is 24.3 Å². The van der Waals surface area contributed by atoms with E-state index in [9.17, 15) is 5.11 Å². The molecule has 0 saturated carbocycles. The first-order valence-electron chi connectivity index (χ1n) is 5.85. The van der Waals surface area contributed by atoms with Crippen molar-refractivity contribution in [3.8, 4) is 11.5 Å². The van der Waals surface area contributed by atoms with Gasteiger partial charge in [0.1, 0.15) is 11.5 Å². The summed E-state index contributed by atoms with van der Waals surface area (Å²) in [6, 6.07) is 5.78. The molecular weight excluding hydrogens is 216 g/mol. The van der Waals surface area contributed by atoms with E-state index < -0.39 is 0 Å². The summed E-state index contributed by atoms with van der Waals surface area (Å²) in [7, 11) is 3.29. The van der Waals surface area contributed by atoms with Crippen LogP contribution in [0.1, 0.15) is 24.8 Å². The average molecular weight is 234 g/mol. The van der Waals surface area contributed by atoms with Gasteiger partial charge in [0.2, 0.25) is 0 Å². The molecule has 1 aromatic rings. The zero-order valence-electron chi connectivity index (χ0n) is 10.3. The third-order valence-corrected chi connectivity index (χ3v) is 3.09. The normalized spacial score (nSPS) is 19.7. The zero-order valence-corrected chi connectivity index (χ0v) is 10.3. The summed E-state index contributed by atoms with van der Waals surface area (Å²) in [6.07, 6.45) is 4.45. The van der Waals surface area contributed by atoms with Gasteiger partial charge in [-0.1, -0.05) is 6.08 Å². The minimum Gasteiger partial charge on any atom is -0.497 e. The Labute approximate surface area is 102 Å². The fourth-order valence-electron chi connectivity index (χ4n) is 2.19. The topological polar surface area (TPSA) is 38.7 Å². The molecule has 2 rings (SSSR count). The third-order valence-electron chi connectivity index (χ3n) is 3.09. The molecule has 1 N–H and O–H groups in total. The molecule has 0 saturated heterocycles. The lowest BCUT2D eigenvalue weighted by Crippen LogP contribution is -2.08. The van der Waals surface area contributed by atoms with Crippen molar-refractivity contribution in [1.29, 1.82) is 0 Å². The Morgan fingerprint density at radius 3 is 2.71 bits per heavy atom. The summed E-state index contributed by atoms with van der Waals surface area (Å²) in [5.74, 6) is 1.58. The van der Waals surface area contributed by atoms with Crippen molar-refractivity contribution in [1.82, 2.24) is 0 Å². The number of ether oxygens (including phenoxy) is 2. The van der Waals surface area contributed by atoms with Crippen molar-refractivity contribution < 1.29 is 14.6 Å². The number of aliphatic hydroxyl groups is 1. The summed E-state index contributed by atoms with van der Waals surface area (Å²) >= 11 is 0. The van der Waals surface area contributed by atoms with Crippen LogP contribution in [-0.4, -0.2) is 25.4 Å². The quantitative estimate of drug-likeness (QED) is 0.873. The highest BCUT2D eigenvalue weighted by atomic mass is 16.5. The lowest BCUT2D eigenvalue weighted by Gasteiger charge is -2.19. The average Bonchev–Trinajstić information content (AvgIpc) is 2.38. The molecule has 0 aliphatic heterocycles. The van der Waals surface area contributed by atoms with Crippen LogP contribution in [0.5, 0.6) is 11.5 Å². The van der Waals surface area contributed by atoms with E-state index in [1.165, 1.54) is 0 Å². The van der Waals surface area contributed by atoms with E-state index in [1.54, 1.807) is 14.2 Å². The van der Waals surface area contributed by atoms with Crippen molar-refractivity contribution >= 4 is 5.57 Å². The van der Waals surface area contributed by atoms with E-state index in [-0.39, 0.29) is 6.10 Å². The smallest absolute Gasteiger partial charge is 0.130 e. The second-order valence-electron chi connectivity index (χ2n) is 4.22. The van der Waals surface area contributed by atoms with Crippen molar-refractivity contribution in [3.05, 3.63) is 29.8 Å². The van der Waals surface area contributed by atoms with Crippen molar-refractivity contribution in [3.63, 3.8) is 0 Å². The Kier molecular flexibility index (Phi) is 3.69. The van der Waals surface area contributed by atoms with Gasteiger partial charge in [-0.3, -0.25) is 0 Å². The summed E-state index contributed by atoms with van der Waals surface area (Å²) in [4.78, 5) is 0. The summed E-state index contributed by atoms with van der Waals surface area (Å²) < 4.78 is 10.5. The van der Waals surface area contributed by atoms with E-state index in [2.05, 4.69) is 0 Å². The molecule has 3 heteroatoms. The van der Waals surface area contributed by atoms with Crippen molar-refractivity contribution in [2.24, 2.45) is 0 Å². The number of benzene rings is 1. The molecule has 17 heavy (non-hydrogen) atoms. The van der Waals surface area contributed by atoms with Crippen LogP contribution in [-0.2, 0) is 0 Å². The van der Waals surface area contributed by atoms with Crippen LogP contribution in [0.4, 0.5) is 0 Å². The molecule has 0 spiro atoms. The van der Waals surface area contributed by atoms with Crippen LogP contribution in [0, 0.1) is 0 Å². The van der Waals surface area contributed by atoms with Gasteiger partial charge in [0.25, 0.3) is 0 Å². The molecule has 1 aromatic carbocycles. The molecule has 0 bridgehead atoms. The van der Waals surface area contributed by atoms with E-state index in [4.69, 9.17) is 9.47 Å². The van der Waals surface area contributed by atoms with Crippen LogP contribution in [0.25, 0.3) is 5.57 Å². The Hall–Kier alpha value is -1.48. The monoisotopic (exact) mass is 234 g/mol. The molecule has 3 nitrogen and oxygen atoms in total. The maximum atomic E-state index is 9.66. The van der Waals surface area contributed by atoms with Gasteiger partial charge in [0.05, 0.1) is 20.3 Å². The lowest BCUT2D eigenvalue weighted by atomic mass is 9.91. The largest absolute Gasteiger partial charge is 0.497 e. The molecule has 0 radical (unpaired) electrons. The van der Waals surface area contributed by atoms with Crippen LogP contribution in [0.2, 0.25) is 0 Å². The molecule has 0 aromatic heterocycles. The van der Waals surface area contributed by atoms with Crippen LogP contribution in [0.3, 0.4) is 0 Å². The predicted molar refractivity (Wildman–Crippen MR) is 67.4 cm³/mol. The zero-order chi connectivity index (χ0) is 12.3. The number of methoxy groups -OCH3 is 2. The summed E-state index contributed by atoms with van der Waals surface area (Å²) in [5.41, 5.74) is 2.20. The van der Waals surface area contributed by atoms with Crippen LogP contribution < -0.4 is 9.47 Å². The molecule has 1 atom stereocenters. The molecule has 0 fully saturated rings. The molecule has 0 amide bonds. The fraction of sp³-hybridized carbons (Fsp3) is 0.429. The number of hydrogen-bond donors (Lipinski definition) is 1. The number of aliphatic hydroxyl groups excluding tert-OH is 1. The van der Waals surface area contributed by atoms with Gasteiger partial charge in [-0.05, 0) is 37.0 Å². The first-order valence-corrected chi connectivity index (χ1v) is 5.85. The molecule has 1 unspecified atom stereocenters. The standard InChI is InChI=1S/C14H18O3/c1-16-12-6-7-13(14(9-12)17-2)10-4-3-5-11(15)8-10/h6-9,11,15H,3-5H2,1-2H3. The lowest BCUT2D eigenvalue weighted by molar-refractivity contribution is 0.206. The van der Waals surface area contributed by atoms with E-state index >= 15 is 0 Å². The van der Waals surface area contributed by atoms with Crippen molar-refractivity contribution in [2.45, 2.75) is 25.4 Å². The Morgan fingerprint density at radius 1 is 1.24 bits per heavy atom. The molecular formula is C14H18O3. The van der Waals surface area contributed by atoms with E-state index in [0.717, 1.165) is 41.9 Å². The van der Waals surface area contributed by atoms with Gasteiger partial charge in [-0.2, -0.15) is 0 Å². The van der Waals surface area contributed by atoms with Gasteiger partial charge in [0.15, 0.2) is 0 Å². The first-order chi connectivity index (χ1) is 8.24. The summed E-state index contributed by atoms with van der Waals surface area (Å²) in [5, 5.41) is 9.66. The highest BCUT2D eigenvalue weighted by Crippen LogP contribution is 2.35. The minimum absolute atomic E-state index is 0.328. The highest BCUT2D eigenvalue weighted by molar-refractivity contribution is 5.72. The Morgan fingerprint density at radius 2 is 2.06 bits per heavy atom. The first kappa shape index (κ1) is 12.0. The van der Waals surface area contributed by atoms with Gasteiger partial charge >= 0.3 is 0 Å². The number of allylic oxidation sites excluding steroid dienone is 1.